The molecule has 130 valence electrons. The van der Waals surface area contributed by atoms with Crippen LogP contribution in [-0.2, 0) is 24.2 Å². The fourth-order valence-electron chi connectivity index (χ4n) is 3.01. The SMILES string of the molecule is O=C(/C=N/O)Nc1cc2c(c(Cl)c1OCc1ccccc1)CCCC2. The number of carbonyl (C=O) groups is 1. The minimum atomic E-state index is -0.543. The van der Waals surface area contributed by atoms with Crippen molar-refractivity contribution >= 4 is 29.4 Å². The number of nitrogens with one attached hydrogen (secondary N) is 1. The van der Waals surface area contributed by atoms with Gasteiger partial charge in [0.05, 0.1) is 10.7 Å². The van der Waals surface area contributed by atoms with Gasteiger partial charge in [0.1, 0.15) is 12.8 Å². The summed E-state index contributed by atoms with van der Waals surface area (Å²) < 4.78 is 5.95. The van der Waals surface area contributed by atoms with Gasteiger partial charge in [0, 0.05) is 0 Å². The number of halogens is 1. The van der Waals surface area contributed by atoms with Crippen LogP contribution < -0.4 is 10.1 Å². The van der Waals surface area contributed by atoms with Gasteiger partial charge in [-0.15, -0.1) is 0 Å². The number of ether oxygens (including phenoxy) is 1. The summed E-state index contributed by atoms with van der Waals surface area (Å²) in [5.41, 5.74) is 3.71. The summed E-state index contributed by atoms with van der Waals surface area (Å²) in [6.45, 7) is 0.344. The Balaban J connectivity index is 1.93. The van der Waals surface area contributed by atoms with Crippen molar-refractivity contribution in [3.63, 3.8) is 0 Å². The predicted octanol–water partition coefficient (Wildman–Crippen LogP) is 4.20. The minimum Gasteiger partial charge on any atom is -0.485 e. The van der Waals surface area contributed by atoms with Crippen LogP contribution in [-0.4, -0.2) is 17.3 Å². The Bertz CT molecular complexity index is 791. The maximum Gasteiger partial charge on any atom is 0.270 e. The van der Waals surface area contributed by atoms with E-state index in [1.54, 1.807) is 0 Å². The Kier molecular flexibility index (Phi) is 5.56. The molecule has 2 aromatic carbocycles. The zero-order valence-electron chi connectivity index (χ0n) is 13.7. The number of carbonyl (C=O) groups excluding carboxylic acids is 1. The molecule has 6 heteroatoms. The number of aryl methyl sites for hydroxylation is 1. The number of hydrogen-bond donors (Lipinski definition) is 2. The molecule has 3 rings (SSSR count). The van der Waals surface area contributed by atoms with E-state index in [4.69, 9.17) is 21.5 Å². The summed E-state index contributed by atoms with van der Waals surface area (Å²) in [7, 11) is 0. The molecule has 25 heavy (non-hydrogen) atoms. The molecule has 1 aliphatic carbocycles. The number of anilines is 1. The first-order chi connectivity index (χ1) is 12.2. The first kappa shape index (κ1) is 17.3. The highest BCUT2D eigenvalue weighted by Crippen LogP contribution is 2.41. The van der Waals surface area contributed by atoms with Gasteiger partial charge in [-0.3, -0.25) is 4.79 Å². The Morgan fingerprint density at radius 2 is 2.04 bits per heavy atom. The van der Waals surface area contributed by atoms with Gasteiger partial charge in [-0.05, 0) is 48.4 Å². The first-order valence-electron chi connectivity index (χ1n) is 8.18. The topological polar surface area (TPSA) is 70.9 Å². The molecule has 1 amide bonds. The van der Waals surface area contributed by atoms with E-state index in [-0.39, 0.29) is 0 Å². The molecule has 5 nitrogen and oxygen atoms in total. The maximum atomic E-state index is 11.8. The van der Waals surface area contributed by atoms with Crippen molar-refractivity contribution < 1.29 is 14.7 Å². The highest BCUT2D eigenvalue weighted by Gasteiger charge is 2.21. The second kappa shape index (κ2) is 8.03. The third-order valence-electron chi connectivity index (χ3n) is 4.20. The van der Waals surface area contributed by atoms with Crippen LogP contribution in [0.4, 0.5) is 5.69 Å². The highest BCUT2D eigenvalue weighted by atomic mass is 35.5. The van der Waals surface area contributed by atoms with Gasteiger partial charge in [-0.1, -0.05) is 47.1 Å². The molecule has 2 aromatic rings. The van der Waals surface area contributed by atoms with Crippen LogP contribution in [0.25, 0.3) is 0 Å². The Morgan fingerprint density at radius 1 is 1.28 bits per heavy atom. The average molecular weight is 359 g/mol. The number of rotatable bonds is 5. The van der Waals surface area contributed by atoms with Crippen LogP contribution in [0.2, 0.25) is 5.02 Å². The zero-order valence-corrected chi connectivity index (χ0v) is 14.4. The predicted molar refractivity (Wildman–Crippen MR) is 97.8 cm³/mol. The molecule has 0 atom stereocenters. The van der Waals surface area contributed by atoms with Gasteiger partial charge in [0.15, 0.2) is 5.75 Å². The first-order valence-corrected chi connectivity index (χ1v) is 8.56. The average Bonchev–Trinajstić information content (AvgIpc) is 2.62. The minimum absolute atomic E-state index is 0.344. The lowest BCUT2D eigenvalue weighted by molar-refractivity contribution is -0.110. The molecular weight excluding hydrogens is 340 g/mol. The second-order valence-corrected chi connectivity index (χ2v) is 6.30. The maximum absolute atomic E-state index is 11.8. The van der Waals surface area contributed by atoms with Crippen LogP contribution in [0.5, 0.6) is 5.75 Å². The number of amides is 1. The molecular formula is C19H19ClN2O3. The van der Waals surface area contributed by atoms with Gasteiger partial charge in [0.2, 0.25) is 0 Å². The molecule has 0 bridgehead atoms. The lowest BCUT2D eigenvalue weighted by Crippen LogP contribution is -2.15. The van der Waals surface area contributed by atoms with Gasteiger partial charge in [-0.2, -0.15) is 0 Å². The number of nitrogens with zero attached hydrogens (tertiary/aromatic N) is 1. The zero-order chi connectivity index (χ0) is 17.6. The molecule has 0 spiro atoms. The Hall–Kier alpha value is -2.53. The number of fused-ring (bicyclic) bond motifs is 1. The molecule has 2 N–H and O–H groups in total. The molecule has 0 unspecified atom stereocenters. The Labute approximate surface area is 151 Å². The lowest BCUT2D eigenvalue weighted by Gasteiger charge is -2.22. The van der Waals surface area contributed by atoms with E-state index in [2.05, 4.69) is 10.5 Å². The highest BCUT2D eigenvalue weighted by molar-refractivity contribution is 6.35. The van der Waals surface area contributed by atoms with Gasteiger partial charge >= 0.3 is 0 Å². The van der Waals surface area contributed by atoms with Crippen LogP contribution in [0.1, 0.15) is 29.5 Å². The Morgan fingerprint density at radius 3 is 2.80 bits per heavy atom. The molecule has 0 saturated carbocycles. The van der Waals surface area contributed by atoms with Gasteiger partial charge in [-0.25, -0.2) is 0 Å². The largest absolute Gasteiger partial charge is 0.485 e. The van der Waals surface area contributed by atoms with E-state index in [0.717, 1.165) is 48.6 Å². The van der Waals surface area contributed by atoms with E-state index < -0.39 is 5.91 Å². The standard InChI is InChI=1S/C19H19ClN2O3/c20-18-15-9-5-4-8-14(15)10-16(22-17(23)11-21-24)19(18)25-12-13-6-2-1-3-7-13/h1-3,6-7,10-11,24H,4-5,8-9,12H2,(H,22,23)/b21-11+. The summed E-state index contributed by atoms with van der Waals surface area (Å²) in [6.07, 6.45) is 4.81. The molecule has 0 aliphatic heterocycles. The monoisotopic (exact) mass is 358 g/mol. The van der Waals surface area contributed by atoms with Crippen molar-refractivity contribution in [1.29, 1.82) is 0 Å². The van der Waals surface area contributed by atoms with Crippen LogP contribution in [0.3, 0.4) is 0 Å². The normalized spacial score (nSPS) is 13.5. The summed E-state index contributed by atoms with van der Waals surface area (Å²) in [6, 6.07) is 11.6. The smallest absolute Gasteiger partial charge is 0.270 e. The van der Waals surface area contributed by atoms with Crippen LogP contribution in [0.15, 0.2) is 41.6 Å². The summed E-state index contributed by atoms with van der Waals surface area (Å²) in [4.78, 5) is 11.8. The van der Waals surface area contributed by atoms with Crippen molar-refractivity contribution in [3.05, 3.63) is 58.1 Å². The fraction of sp³-hybridized carbons (Fsp3) is 0.263. The second-order valence-electron chi connectivity index (χ2n) is 5.92. The van der Waals surface area contributed by atoms with Crippen molar-refractivity contribution in [2.24, 2.45) is 5.16 Å². The summed E-state index contributed by atoms with van der Waals surface area (Å²) >= 11 is 6.60. The fourth-order valence-corrected chi connectivity index (χ4v) is 3.39. The van der Waals surface area contributed by atoms with Crippen LogP contribution >= 0.6 is 11.6 Å². The molecule has 0 fully saturated rings. The van der Waals surface area contributed by atoms with Crippen molar-refractivity contribution in [2.45, 2.75) is 32.3 Å². The van der Waals surface area contributed by atoms with E-state index in [1.807, 2.05) is 36.4 Å². The number of benzene rings is 2. The molecule has 0 aromatic heterocycles. The third-order valence-corrected chi connectivity index (χ3v) is 4.60. The summed E-state index contributed by atoms with van der Waals surface area (Å²) in [5, 5.41) is 14.5. The van der Waals surface area contributed by atoms with Crippen LogP contribution in [0, 0.1) is 0 Å². The van der Waals surface area contributed by atoms with Gasteiger partial charge < -0.3 is 15.3 Å². The summed E-state index contributed by atoms with van der Waals surface area (Å²) in [5.74, 6) is -0.0928. The quantitative estimate of drug-likeness (QED) is 0.478. The molecule has 0 saturated heterocycles. The van der Waals surface area contributed by atoms with Crippen molar-refractivity contribution in [2.75, 3.05) is 5.32 Å². The van der Waals surface area contributed by atoms with E-state index in [9.17, 15) is 4.79 Å². The number of oxime groups is 1. The third kappa shape index (κ3) is 4.12. The van der Waals surface area contributed by atoms with E-state index >= 15 is 0 Å². The molecule has 0 heterocycles. The molecule has 1 aliphatic rings. The van der Waals surface area contributed by atoms with Gasteiger partial charge in [0.25, 0.3) is 5.91 Å². The van der Waals surface area contributed by atoms with E-state index in [1.165, 1.54) is 0 Å². The van der Waals surface area contributed by atoms with E-state index in [0.29, 0.717) is 23.1 Å². The van der Waals surface area contributed by atoms with Crippen molar-refractivity contribution in [3.8, 4) is 5.75 Å². The molecule has 0 radical (unpaired) electrons. The van der Waals surface area contributed by atoms with Crippen molar-refractivity contribution in [1.82, 2.24) is 0 Å². The lowest BCUT2D eigenvalue weighted by atomic mass is 9.91. The number of hydrogen-bond acceptors (Lipinski definition) is 4.